The Bertz CT molecular complexity index is 414. The van der Waals surface area contributed by atoms with E-state index in [9.17, 15) is 4.79 Å². The summed E-state index contributed by atoms with van der Waals surface area (Å²) >= 11 is 0. The molecule has 0 atom stereocenters. The van der Waals surface area contributed by atoms with E-state index in [1.807, 2.05) is 6.07 Å². The highest BCUT2D eigenvalue weighted by Crippen LogP contribution is 2.27. The molecule has 3 nitrogen and oxygen atoms in total. The van der Waals surface area contributed by atoms with Crippen molar-refractivity contribution in [1.29, 1.82) is 0 Å². The lowest BCUT2D eigenvalue weighted by molar-refractivity contribution is 0.112. The zero-order valence-corrected chi connectivity index (χ0v) is 11.8. The lowest BCUT2D eigenvalue weighted by atomic mass is 10.0. The van der Waals surface area contributed by atoms with Gasteiger partial charge >= 0.3 is 0 Å². The number of nitrogens with zero attached hydrogens (tertiary/aromatic N) is 2. The second-order valence-electron chi connectivity index (χ2n) is 5.39. The third-order valence-electron chi connectivity index (χ3n) is 4.11. The predicted molar refractivity (Wildman–Crippen MR) is 74.3 cm³/mol. The molecule has 1 fully saturated rings. The topological polar surface area (TPSA) is 25.2 Å². The van der Waals surface area contributed by atoms with Gasteiger partial charge < -0.3 is 9.47 Å². The molecule has 0 radical (unpaired) electrons. The lowest BCUT2D eigenvalue weighted by Gasteiger charge is -2.33. The van der Waals surface area contributed by atoms with Crippen LogP contribution in [0, 0.1) is 13.8 Å². The summed E-state index contributed by atoms with van der Waals surface area (Å²) in [5.74, 6) is 0. The first-order chi connectivity index (χ1) is 8.67. The van der Waals surface area contributed by atoms with Crippen LogP contribution < -0.4 is 0 Å². The molecule has 1 aliphatic heterocycles. The van der Waals surface area contributed by atoms with Crippen molar-refractivity contribution in [3.8, 4) is 0 Å². The number of hydrogen-bond donors (Lipinski definition) is 0. The minimum Gasteiger partial charge on any atom is -0.345 e. The highest BCUT2D eigenvalue weighted by molar-refractivity contribution is 5.77. The molecule has 1 aromatic heterocycles. The van der Waals surface area contributed by atoms with E-state index in [1.165, 1.54) is 44.6 Å². The van der Waals surface area contributed by atoms with E-state index in [0.29, 0.717) is 6.04 Å². The molecule has 0 aromatic carbocycles. The van der Waals surface area contributed by atoms with Gasteiger partial charge in [0, 0.05) is 36.1 Å². The largest absolute Gasteiger partial charge is 0.345 e. The van der Waals surface area contributed by atoms with Gasteiger partial charge in [0.2, 0.25) is 0 Å². The van der Waals surface area contributed by atoms with Crippen molar-refractivity contribution in [2.75, 3.05) is 19.6 Å². The number of rotatable bonds is 4. The Morgan fingerprint density at radius 3 is 2.50 bits per heavy atom. The Morgan fingerprint density at radius 1 is 1.33 bits per heavy atom. The maximum atomic E-state index is 11.0. The zero-order valence-electron chi connectivity index (χ0n) is 11.8. The number of aromatic nitrogens is 1. The molecule has 3 heteroatoms. The third kappa shape index (κ3) is 2.51. The fourth-order valence-electron chi connectivity index (χ4n) is 3.20. The van der Waals surface area contributed by atoms with Crippen molar-refractivity contribution in [1.82, 2.24) is 9.47 Å². The van der Waals surface area contributed by atoms with Gasteiger partial charge in [-0.2, -0.15) is 0 Å². The first-order valence-corrected chi connectivity index (χ1v) is 7.03. The van der Waals surface area contributed by atoms with Crippen molar-refractivity contribution in [2.24, 2.45) is 0 Å². The first kappa shape index (κ1) is 13.3. The maximum Gasteiger partial charge on any atom is 0.151 e. The molecule has 100 valence electrons. The van der Waals surface area contributed by atoms with E-state index in [-0.39, 0.29) is 0 Å². The molecule has 0 aliphatic carbocycles. The molecule has 0 unspecified atom stereocenters. The van der Waals surface area contributed by atoms with E-state index in [1.54, 1.807) is 0 Å². The Hall–Kier alpha value is -1.09. The second kappa shape index (κ2) is 5.70. The van der Waals surface area contributed by atoms with Gasteiger partial charge in [0.25, 0.3) is 0 Å². The number of aryl methyl sites for hydroxylation is 1. The van der Waals surface area contributed by atoms with Gasteiger partial charge in [-0.15, -0.1) is 0 Å². The maximum absolute atomic E-state index is 11.0. The lowest BCUT2D eigenvalue weighted by Crippen LogP contribution is -2.35. The van der Waals surface area contributed by atoms with Crippen molar-refractivity contribution < 1.29 is 4.79 Å². The molecule has 1 aliphatic rings. The Kier molecular flexibility index (Phi) is 4.23. The molecule has 0 saturated carbocycles. The van der Waals surface area contributed by atoms with Crippen LogP contribution in [0.4, 0.5) is 0 Å². The van der Waals surface area contributed by atoms with Crippen LogP contribution in [0.25, 0.3) is 0 Å². The average molecular weight is 248 g/mol. The van der Waals surface area contributed by atoms with Crippen molar-refractivity contribution in [2.45, 2.75) is 46.1 Å². The number of piperidine rings is 1. The minimum absolute atomic E-state index is 0.576. The molecule has 2 rings (SSSR count). The summed E-state index contributed by atoms with van der Waals surface area (Å²) in [6.07, 6.45) is 4.62. The van der Waals surface area contributed by atoms with Crippen LogP contribution in [0.2, 0.25) is 0 Å². The number of hydrogen-bond acceptors (Lipinski definition) is 2. The standard InChI is InChI=1S/C15H24N2O/c1-4-7-16-8-5-15(6-9-16)17-12(2)10-14(11-18)13(17)3/h10-11,15H,4-9H2,1-3H3. The van der Waals surface area contributed by atoms with Crippen LogP contribution in [0.3, 0.4) is 0 Å². The molecule has 0 spiro atoms. The van der Waals surface area contributed by atoms with Gasteiger partial charge in [0.05, 0.1) is 0 Å². The van der Waals surface area contributed by atoms with Crippen LogP contribution >= 0.6 is 0 Å². The summed E-state index contributed by atoms with van der Waals surface area (Å²) < 4.78 is 2.37. The summed E-state index contributed by atoms with van der Waals surface area (Å²) in [5.41, 5.74) is 3.21. The number of likely N-dealkylation sites (tertiary alicyclic amines) is 1. The van der Waals surface area contributed by atoms with Gasteiger partial charge in [-0.05, 0) is 45.7 Å². The normalized spacial score (nSPS) is 18.2. The average Bonchev–Trinajstić information content (AvgIpc) is 2.66. The molecule has 0 N–H and O–H groups in total. The van der Waals surface area contributed by atoms with E-state index >= 15 is 0 Å². The van der Waals surface area contributed by atoms with Gasteiger partial charge in [0.15, 0.2) is 6.29 Å². The smallest absolute Gasteiger partial charge is 0.151 e. The van der Waals surface area contributed by atoms with Crippen LogP contribution in [0.5, 0.6) is 0 Å². The third-order valence-corrected chi connectivity index (χ3v) is 4.11. The second-order valence-corrected chi connectivity index (χ2v) is 5.39. The van der Waals surface area contributed by atoms with Crippen molar-refractivity contribution in [3.05, 3.63) is 23.0 Å². The fourth-order valence-corrected chi connectivity index (χ4v) is 3.20. The highest BCUT2D eigenvalue weighted by Gasteiger charge is 2.22. The predicted octanol–water partition coefficient (Wildman–Crippen LogP) is 2.96. The molecule has 18 heavy (non-hydrogen) atoms. The molecule has 1 saturated heterocycles. The van der Waals surface area contributed by atoms with Crippen LogP contribution in [0.15, 0.2) is 6.07 Å². The number of aldehydes is 1. The van der Waals surface area contributed by atoms with Gasteiger partial charge in [0.1, 0.15) is 0 Å². The van der Waals surface area contributed by atoms with Crippen molar-refractivity contribution >= 4 is 6.29 Å². The SMILES string of the molecule is CCCN1CCC(n2c(C)cc(C=O)c2C)CC1. The van der Waals surface area contributed by atoms with Crippen LogP contribution in [-0.2, 0) is 0 Å². The highest BCUT2D eigenvalue weighted by atomic mass is 16.1. The van der Waals surface area contributed by atoms with Crippen molar-refractivity contribution in [3.63, 3.8) is 0 Å². The number of carbonyl (C=O) groups excluding carboxylic acids is 1. The van der Waals surface area contributed by atoms with Gasteiger partial charge in [-0.3, -0.25) is 4.79 Å². The van der Waals surface area contributed by atoms with E-state index in [2.05, 4.69) is 30.2 Å². The van der Waals surface area contributed by atoms with E-state index in [4.69, 9.17) is 0 Å². The molecular weight excluding hydrogens is 224 g/mol. The summed E-state index contributed by atoms with van der Waals surface area (Å²) in [7, 11) is 0. The summed E-state index contributed by atoms with van der Waals surface area (Å²) in [6, 6.07) is 2.59. The number of carbonyl (C=O) groups is 1. The van der Waals surface area contributed by atoms with Gasteiger partial charge in [-0.1, -0.05) is 6.92 Å². The molecular formula is C15H24N2O. The molecule has 0 amide bonds. The summed E-state index contributed by atoms with van der Waals surface area (Å²) in [5, 5.41) is 0. The Morgan fingerprint density at radius 2 is 2.00 bits per heavy atom. The molecule has 2 heterocycles. The summed E-state index contributed by atoms with van der Waals surface area (Å²) in [4.78, 5) is 13.5. The Balaban J connectivity index is 2.10. The first-order valence-electron chi connectivity index (χ1n) is 7.03. The summed E-state index contributed by atoms with van der Waals surface area (Å²) in [6.45, 7) is 10.0. The Labute approximate surface area is 110 Å². The fraction of sp³-hybridized carbons (Fsp3) is 0.667. The quantitative estimate of drug-likeness (QED) is 0.765. The monoisotopic (exact) mass is 248 g/mol. The minimum atomic E-state index is 0.576. The van der Waals surface area contributed by atoms with Gasteiger partial charge in [-0.25, -0.2) is 0 Å². The zero-order chi connectivity index (χ0) is 13.1. The van der Waals surface area contributed by atoms with E-state index < -0.39 is 0 Å². The van der Waals surface area contributed by atoms with Crippen LogP contribution in [0.1, 0.15) is 54.0 Å². The van der Waals surface area contributed by atoms with Crippen LogP contribution in [-0.4, -0.2) is 35.4 Å². The molecule has 0 bridgehead atoms. The molecule has 1 aromatic rings. The van der Waals surface area contributed by atoms with E-state index in [0.717, 1.165) is 17.5 Å².